The molecule has 164 valence electrons. The molecule has 0 fully saturated rings. The van der Waals surface area contributed by atoms with Crippen molar-refractivity contribution < 1.29 is 22.8 Å². The first-order chi connectivity index (χ1) is 13.8. The number of hydrogen-bond acceptors (Lipinski definition) is 4. The number of amides is 1. The van der Waals surface area contributed by atoms with Crippen LogP contribution in [-0.2, 0) is 33.4 Å². The van der Waals surface area contributed by atoms with Gasteiger partial charge in [0.15, 0.2) is 0 Å². The molecule has 0 saturated heterocycles. The molecule has 0 aliphatic heterocycles. The third-order valence-corrected chi connectivity index (χ3v) is 5.07. The minimum Gasteiger partial charge on any atom is -0.507 e. The molecule has 1 unspecified atom stereocenters. The molecule has 0 radical (unpaired) electrons. The molecule has 3 N–H and O–H groups in total. The van der Waals surface area contributed by atoms with Gasteiger partial charge in [-0.25, -0.2) is 0 Å². The molecule has 0 saturated carbocycles. The normalized spacial score (nSPS) is 13.0. The lowest BCUT2D eigenvalue weighted by Crippen LogP contribution is -2.18. The topological polar surface area (TPSA) is 95.9 Å². The summed E-state index contributed by atoms with van der Waals surface area (Å²) in [5.74, 6) is 0.425. The van der Waals surface area contributed by atoms with E-state index >= 15 is 0 Å². The van der Waals surface area contributed by atoms with Gasteiger partial charge in [-0.05, 0) is 58.2 Å². The summed E-state index contributed by atoms with van der Waals surface area (Å²) in [5, 5.41) is 13.6. The third-order valence-electron chi connectivity index (χ3n) is 4.73. The van der Waals surface area contributed by atoms with Crippen molar-refractivity contribution in [2.75, 3.05) is 5.32 Å². The Morgan fingerprint density at radius 1 is 1.00 bits per heavy atom. The highest BCUT2D eigenvalue weighted by molar-refractivity contribution is 7.74. The van der Waals surface area contributed by atoms with Gasteiger partial charge in [0.05, 0.1) is 0 Å². The predicted molar refractivity (Wildman–Crippen MR) is 120 cm³/mol. The van der Waals surface area contributed by atoms with Gasteiger partial charge in [-0.2, -0.15) is 4.21 Å². The monoisotopic (exact) mass is 433 g/mol. The molecule has 0 aliphatic rings. The number of anilines is 1. The second kappa shape index (κ2) is 9.18. The third kappa shape index (κ3) is 6.57. The first-order valence-corrected chi connectivity index (χ1v) is 10.9. The Kier molecular flexibility index (Phi) is 7.31. The maximum Gasteiger partial charge on any atom is 0.357 e. The zero-order valence-electron chi connectivity index (χ0n) is 18.4. The highest BCUT2D eigenvalue weighted by Gasteiger charge is 2.26. The molecule has 0 aromatic heterocycles. The van der Waals surface area contributed by atoms with Gasteiger partial charge < -0.3 is 14.6 Å². The van der Waals surface area contributed by atoms with Crippen molar-refractivity contribution in [3.8, 4) is 11.5 Å². The van der Waals surface area contributed by atoms with Crippen molar-refractivity contribution >= 4 is 23.0 Å². The van der Waals surface area contributed by atoms with Gasteiger partial charge in [0, 0.05) is 12.1 Å². The molecule has 0 bridgehead atoms. The summed E-state index contributed by atoms with van der Waals surface area (Å²) in [6.45, 7) is 12.4. The van der Waals surface area contributed by atoms with Crippen LogP contribution in [0.3, 0.4) is 0 Å². The van der Waals surface area contributed by atoms with Gasteiger partial charge in [-0.15, -0.1) is 0 Å². The average molecular weight is 434 g/mol. The standard InChI is InChI=1S/C23H31NO5S/c1-22(2,3)18-13-15(14-19(21(18)26)23(4,5)6)7-12-20(25)24-16-8-10-17(11-9-16)29-30(27)28/h8-11,13-14,26H,7,12H2,1-6H3,(H,24,25)(H,27,28). The largest absolute Gasteiger partial charge is 0.507 e. The summed E-state index contributed by atoms with van der Waals surface area (Å²) in [6.07, 6.45) is 0.833. The summed E-state index contributed by atoms with van der Waals surface area (Å²) >= 11 is -2.38. The quantitative estimate of drug-likeness (QED) is 0.553. The number of aromatic hydroxyl groups is 1. The molecule has 1 amide bonds. The first kappa shape index (κ1) is 23.9. The van der Waals surface area contributed by atoms with Gasteiger partial charge in [0.1, 0.15) is 11.5 Å². The Balaban J connectivity index is 2.12. The second-order valence-electron chi connectivity index (χ2n) is 9.41. The number of aryl methyl sites for hydroxylation is 1. The van der Waals surface area contributed by atoms with Crippen molar-refractivity contribution in [2.45, 2.75) is 65.2 Å². The summed E-state index contributed by atoms with van der Waals surface area (Å²) in [7, 11) is 0. The van der Waals surface area contributed by atoms with Gasteiger partial charge >= 0.3 is 11.4 Å². The molecule has 7 heteroatoms. The molecule has 30 heavy (non-hydrogen) atoms. The smallest absolute Gasteiger partial charge is 0.357 e. The van der Waals surface area contributed by atoms with Crippen LogP contribution in [0.25, 0.3) is 0 Å². The number of carbonyl (C=O) groups excluding carboxylic acids is 1. The van der Waals surface area contributed by atoms with E-state index in [-0.39, 0.29) is 28.9 Å². The van der Waals surface area contributed by atoms with E-state index in [0.29, 0.717) is 17.9 Å². The summed E-state index contributed by atoms with van der Waals surface area (Å²) in [4.78, 5) is 12.4. The lowest BCUT2D eigenvalue weighted by Gasteiger charge is -2.28. The Bertz CT molecular complexity index is 889. The molecule has 2 aromatic rings. The molecule has 2 aromatic carbocycles. The SMILES string of the molecule is CC(C)(C)c1cc(CCC(=O)Nc2ccc(OS(=O)O)cc2)cc(C(C)(C)C)c1O. The van der Waals surface area contributed by atoms with Crippen LogP contribution < -0.4 is 9.50 Å². The number of rotatable bonds is 6. The van der Waals surface area contributed by atoms with Crippen LogP contribution in [0.4, 0.5) is 5.69 Å². The van der Waals surface area contributed by atoms with E-state index in [1.165, 1.54) is 12.1 Å². The van der Waals surface area contributed by atoms with Crippen molar-refractivity contribution in [1.82, 2.24) is 0 Å². The maximum absolute atomic E-state index is 12.4. The first-order valence-electron chi connectivity index (χ1n) is 9.83. The van der Waals surface area contributed by atoms with Crippen LogP contribution in [0.5, 0.6) is 11.5 Å². The zero-order chi connectivity index (χ0) is 22.7. The van der Waals surface area contributed by atoms with E-state index in [1.807, 2.05) is 12.1 Å². The number of phenolic OH excluding ortho intramolecular Hbond substituents is 1. The highest BCUT2D eigenvalue weighted by atomic mass is 32.2. The number of carbonyl (C=O) groups is 1. The molecule has 6 nitrogen and oxygen atoms in total. The van der Waals surface area contributed by atoms with E-state index in [9.17, 15) is 14.1 Å². The van der Waals surface area contributed by atoms with Crippen LogP contribution in [0.2, 0.25) is 0 Å². The number of benzene rings is 2. The van der Waals surface area contributed by atoms with E-state index in [4.69, 9.17) is 4.55 Å². The molecular weight excluding hydrogens is 402 g/mol. The number of hydrogen-bond donors (Lipinski definition) is 3. The van der Waals surface area contributed by atoms with Crippen molar-refractivity contribution in [3.05, 3.63) is 53.1 Å². The lowest BCUT2D eigenvalue weighted by atomic mass is 9.78. The Morgan fingerprint density at radius 3 is 1.93 bits per heavy atom. The average Bonchev–Trinajstić information content (AvgIpc) is 2.60. The molecule has 1 atom stereocenters. The number of phenols is 1. The van der Waals surface area contributed by atoms with Crippen LogP contribution in [0, 0.1) is 0 Å². The van der Waals surface area contributed by atoms with Gasteiger partial charge in [0.2, 0.25) is 5.91 Å². The highest BCUT2D eigenvalue weighted by Crippen LogP contribution is 2.40. The minimum atomic E-state index is -2.38. The van der Waals surface area contributed by atoms with E-state index in [0.717, 1.165) is 16.7 Å². The summed E-state index contributed by atoms with van der Waals surface area (Å²) < 4.78 is 24.0. The Labute approximate surface area is 181 Å². The zero-order valence-corrected chi connectivity index (χ0v) is 19.2. The fourth-order valence-electron chi connectivity index (χ4n) is 3.14. The van der Waals surface area contributed by atoms with E-state index in [2.05, 4.69) is 51.0 Å². The van der Waals surface area contributed by atoms with Crippen molar-refractivity contribution in [3.63, 3.8) is 0 Å². The summed E-state index contributed by atoms with van der Waals surface area (Å²) in [5.41, 5.74) is 2.90. The van der Waals surface area contributed by atoms with Crippen LogP contribution in [-0.4, -0.2) is 19.8 Å². The second-order valence-corrected chi connectivity index (χ2v) is 10.0. The van der Waals surface area contributed by atoms with Crippen molar-refractivity contribution in [2.24, 2.45) is 0 Å². The van der Waals surface area contributed by atoms with Gasteiger partial charge in [-0.3, -0.25) is 9.35 Å². The Morgan fingerprint density at radius 2 is 1.50 bits per heavy atom. The lowest BCUT2D eigenvalue weighted by molar-refractivity contribution is -0.116. The van der Waals surface area contributed by atoms with E-state index in [1.54, 1.807) is 12.1 Å². The molecule has 0 heterocycles. The van der Waals surface area contributed by atoms with Crippen LogP contribution >= 0.6 is 0 Å². The van der Waals surface area contributed by atoms with Gasteiger partial charge in [-0.1, -0.05) is 53.7 Å². The van der Waals surface area contributed by atoms with Gasteiger partial charge in [0.25, 0.3) is 0 Å². The minimum absolute atomic E-state index is 0.142. The summed E-state index contributed by atoms with van der Waals surface area (Å²) in [6, 6.07) is 10.2. The van der Waals surface area contributed by atoms with Crippen LogP contribution in [0.1, 0.15) is 64.7 Å². The Hall–Kier alpha value is -2.38. The van der Waals surface area contributed by atoms with Crippen molar-refractivity contribution in [1.29, 1.82) is 0 Å². The van der Waals surface area contributed by atoms with E-state index < -0.39 is 11.4 Å². The molecule has 0 spiro atoms. The molecule has 2 rings (SSSR count). The fourth-order valence-corrected chi connectivity index (χ4v) is 3.42. The molecular formula is C23H31NO5S. The maximum atomic E-state index is 12.4. The number of nitrogens with one attached hydrogen (secondary N) is 1. The predicted octanol–water partition coefficient (Wildman–Crippen LogP) is 5.07. The fraction of sp³-hybridized carbons (Fsp3) is 0.435. The molecule has 0 aliphatic carbocycles. The van der Waals surface area contributed by atoms with Crippen LogP contribution in [0.15, 0.2) is 36.4 Å².